The van der Waals surface area contributed by atoms with Crippen LogP contribution in [0.3, 0.4) is 0 Å². The lowest BCUT2D eigenvalue weighted by molar-refractivity contribution is 0.999. The van der Waals surface area contributed by atoms with Gasteiger partial charge in [0.2, 0.25) is 0 Å². The summed E-state index contributed by atoms with van der Waals surface area (Å²) in [5.74, 6) is 0.749. The van der Waals surface area contributed by atoms with Crippen molar-refractivity contribution >= 4 is 39.0 Å². The number of hydrogen-bond acceptors (Lipinski definition) is 3. The van der Waals surface area contributed by atoms with Crippen LogP contribution in [0.2, 0.25) is 5.15 Å². The van der Waals surface area contributed by atoms with Crippen LogP contribution in [-0.4, -0.2) is 10.2 Å². The van der Waals surface area contributed by atoms with Crippen LogP contribution in [0.5, 0.6) is 0 Å². The average molecular weight is 341 g/mol. The third-order valence-electron chi connectivity index (χ3n) is 3.17. The van der Waals surface area contributed by atoms with Crippen molar-refractivity contribution in [2.45, 2.75) is 27.2 Å². The van der Waals surface area contributed by atoms with Gasteiger partial charge in [0, 0.05) is 10.2 Å². The molecule has 0 bridgehead atoms. The normalized spacial score (nSPS) is 10.6. The fourth-order valence-corrected chi connectivity index (χ4v) is 2.39. The first kappa shape index (κ1) is 14.3. The Kier molecular flexibility index (Phi) is 4.42. The number of aromatic nitrogens is 2. The highest BCUT2D eigenvalue weighted by atomic mass is 79.9. The number of hydrogen-bond donors (Lipinski definition) is 1. The van der Waals surface area contributed by atoms with E-state index in [4.69, 9.17) is 11.6 Å². The fourth-order valence-electron chi connectivity index (χ4n) is 1.80. The van der Waals surface area contributed by atoms with Gasteiger partial charge in [-0.3, -0.25) is 0 Å². The second-order valence-corrected chi connectivity index (χ2v) is 5.64. The molecule has 0 saturated heterocycles. The minimum atomic E-state index is 0.453. The summed E-state index contributed by atoms with van der Waals surface area (Å²) < 4.78 is 1.07. The molecule has 0 fully saturated rings. The zero-order valence-electron chi connectivity index (χ0n) is 11.1. The molecule has 0 atom stereocenters. The molecule has 19 heavy (non-hydrogen) atoms. The van der Waals surface area contributed by atoms with E-state index in [9.17, 15) is 0 Å². The number of aryl methyl sites for hydroxylation is 1. The summed E-state index contributed by atoms with van der Waals surface area (Å²) in [7, 11) is 0. The van der Waals surface area contributed by atoms with Gasteiger partial charge in [0.1, 0.15) is 0 Å². The van der Waals surface area contributed by atoms with Crippen LogP contribution in [-0.2, 0) is 6.42 Å². The summed E-state index contributed by atoms with van der Waals surface area (Å²) in [6.45, 7) is 6.06. The van der Waals surface area contributed by atoms with E-state index >= 15 is 0 Å². The van der Waals surface area contributed by atoms with E-state index in [1.54, 1.807) is 0 Å². The second-order valence-electron chi connectivity index (χ2n) is 4.37. The van der Waals surface area contributed by atoms with Gasteiger partial charge in [0.15, 0.2) is 11.0 Å². The Bertz CT molecular complexity index is 614. The van der Waals surface area contributed by atoms with Gasteiger partial charge in [-0.05, 0) is 55.2 Å². The predicted molar refractivity (Wildman–Crippen MR) is 83.3 cm³/mol. The monoisotopic (exact) mass is 339 g/mol. The van der Waals surface area contributed by atoms with Gasteiger partial charge in [-0.15, -0.1) is 10.2 Å². The molecule has 0 aliphatic rings. The summed E-state index contributed by atoms with van der Waals surface area (Å²) in [5, 5.41) is 11.9. The molecule has 1 N–H and O–H groups in total. The van der Waals surface area contributed by atoms with Crippen molar-refractivity contribution in [1.82, 2.24) is 10.2 Å². The first-order valence-corrected chi connectivity index (χ1v) is 7.24. The van der Waals surface area contributed by atoms with Gasteiger partial charge in [-0.2, -0.15) is 0 Å². The second kappa shape index (κ2) is 5.88. The molecule has 1 heterocycles. The lowest BCUT2D eigenvalue weighted by Crippen LogP contribution is -2.03. The van der Waals surface area contributed by atoms with Crippen molar-refractivity contribution in [3.05, 3.63) is 44.5 Å². The maximum atomic E-state index is 5.96. The van der Waals surface area contributed by atoms with Crippen molar-refractivity contribution in [3.63, 3.8) is 0 Å². The minimum absolute atomic E-state index is 0.453. The number of halogens is 2. The zero-order valence-corrected chi connectivity index (χ0v) is 13.4. The predicted octanol–water partition coefficient (Wildman–Crippen LogP) is 4.82. The van der Waals surface area contributed by atoms with Gasteiger partial charge in [0.05, 0.1) is 0 Å². The van der Waals surface area contributed by atoms with E-state index in [1.165, 1.54) is 5.56 Å². The summed E-state index contributed by atoms with van der Waals surface area (Å²) in [6, 6.07) is 6.15. The van der Waals surface area contributed by atoms with E-state index in [0.717, 1.165) is 33.5 Å². The molecule has 0 aliphatic carbocycles. The summed E-state index contributed by atoms with van der Waals surface area (Å²) in [4.78, 5) is 0. The van der Waals surface area contributed by atoms with E-state index in [2.05, 4.69) is 44.4 Å². The van der Waals surface area contributed by atoms with Crippen molar-refractivity contribution in [3.8, 4) is 0 Å². The van der Waals surface area contributed by atoms with Gasteiger partial charge in [-0.25, -0.2) is 0 Å². The number of nitrogens with zero attached hydrogens (tertiary/aromatic N) is 2. The topological polar surface area (TPSA) is 37.8 Å². The first-order chi connectivity index (χ1) is 9.02. The molecule has 5 heteroatoms. The Hall–Kier alpha value is -1.13. The minimum Gasteiger partial charge on any atom is -0.338 e. The first-order valence-electron chi connectivity index (χ1n) is 6.07. The van der Waals surface area contributed by atoms with Crippen LogP contribution < -0.4 is 5.32 Å². The summed E-state index contributed by atoms with van der Waals surface area (Å²) in [5.41, 5.74) is 4.24. The standard InChI is InChI=1S/C14H15BrClN3/c1-4-10-7-11(15)5-6-12(10)17-14-9(3)8(2)13(16)18-19-14/h5-7H,4H2,1-3H3,(H,17,19). The molecule has 3 nitrogen and oxygen atoms in total. The molecule has 1 aromatic carbocycles. The van der Waals surface area contributed by atoms with E-state index in [-0.39, 0.29) is 0 Å². The van der Waals surface area contributed by atoms with Crippen LogP contribution in [0.25, 0.3) is 0 Å². The molecule has 0 aliphatic heterocycles. The summed E-state index contributed by atoms with van der Waals surface area (Å²) in [6.07, 6.45) is 0.945. The van der Waals surface area contributed by atoms with Gasteiger partial charge < -0.3 is 5.32 Å². The van der Waals surface area contributed by atoms with Crippen molar-refractivity contribution in [2.24, 2.45) is 0 Å². The van der Waals surface area contributed by atoms with Crippen LogP contribution >= 0.6 is 27.5 Å². The average Bonchev–Trinajstić information content (AvgIpc) is 2.41. The molecule has 2 aromatic rings. The molecular formula is C14H15BrClN3. The maximum Gasteiger partial charge on any atom is 0.156 e. The molecule has 0 radical (unpaired) electrons. The third-order valence-corrected chi connectivity index (χ3v) is 4.02. The van der Waals surface area contributed by atoms with Crippen molar-refractivity contribution < 1.29 is 0 Å². The highest BCUT2D eigenvalue weighted by Crippen LogP contribution is 2.27. The third kappa shape index (κ3) is 3.07. The van der Waals surface area contributed by atoms with Gasteiger partial charge >= 0.3 is 0 Å². The highest BCUT2D eigenvalue weighted by molar-refractivity contribution is 9.10. The van der Waals surface area contributed by atoms with Gasteiger partial charge in [0.25, 0.3) is 0 Å². The van der Waals surface area contributed by atoms with E-state index in [0.29, 0.717) is 5.15 Å². The van der Waals surface area contributed by atoms with Crippen LogP contribution in [0.4, 0.5) is 11.5 Å². The lowest BCUT2D eigenvalue weighted by Gasteiger charge is -2.13. The Morgan fingerprint density at radius 3 is 2.63 bits per heavy atom. The smallest absolute Gasteiger partial charge is 0.156 e. The summed E-state index contributed by atoms with van der Waals surface area (Å²) >= 11 is 9.45. The molecule has 1 aromatic heterocycles. The van der Waals surface area contributed by atoms with Crippen molar-refractivity contribution in [2.75, 3.05) is 5.32 Å². The largest absolute Gasteiger partial charge is 0.338 e. The molecule has 0 saturated carbocycles. The van der Waals surface area contributed by atoms with E-state index in [1.807, 2.05) is 26.0 Å². The Labute approximate surface area is 126 Å². The molecule has 0 unspecified atom stereocenters. The number of benzene rings is 1. The fraction of sp³-hybridized carbons (Fsp3) is 0.286. The number of nitrogens with one attached hydrogen (secondary N) is 1. The molecule has 0 spiro atoms. The zero-order chi connectivity index (χ0) is 14.0. The highest BCUT2D eigenvalue weighted by Gasteiger charge is 2.10. The van der Waals surface area contributed by atoms with Crippen LogP contribution in [0.1, 0.15) is 23.6 Å². The maximum absolute atomic E-state index is 5.96. The molecule has 0 amide bonds. The van der Waals surface area contributed by atoms with Crippen molar-refractivity contribution in [1.29, 1.82) is 0 Å². The number of rotatable bonds is 3. The SMILES string of the molecule is CCc1cc(Br)ccc1Nc1nnc(Cl)c(C)c1C. The van der Waals surface area contributed by atoms with Crippen LogP contribution in [0, 0.1) is 13.8 Å². The quantitative estimate of drug-likeness (QED) is 0.871. The molecule has 100 valence electrons. The number of anilines is 2. The molecular weight excluding hydrogens is 326 g/mol. The Morgan fingerprint density at radius 1 is 1.21 bits per heavy atom. The Balaban J connectivity index is 2.39. The Morgan fingerprint density at radius 2 is 1.95 bits per heavy atom. The van der Waals surface area contributed by atoms with E-state index < -0.39 is 0 Å². The molecule has 2 rings (SSSR count). The van der Waals surface area contributed by atoms with Gasteiger partial charge in [-0.1, -0.05) is 34.5 Å². The lowest BCUT2D eigenvalue weighted by atomic mass is 10.1. The van der Waals surface area contributed by atoms with Crippen LogP contribution in [0.15, 0.2) is 22.7 Å².